The lowest BCUT2D eigenvalue weighted by Gasteiger charge is -2.23. The van der Waals surface area contributed by atoms with E-state index in [4.69, 9.17) is 9.47 Å². The summed E-state index contributed by atoms with van der Waals surface area (Å²) in [5.74, 6) is -1.63. The Labute approximate surface area is 116 Å². The summed E-state index contributed by atoms with van der Waals surface area (Å²) in [7, 11) is 1.38. The Morgan fingerprint density at radius 1 is 1.00 bits per heavy atom. The van der Waals surface area contributed by atoms with Gasteiger partial charge < -0.3 is 9.47 Å². The minimum Gasteiger partial charge on any atom is -0.398 e. The molecule has 0 amide bonds. The summed E-state index contributed by atoms with van der Waals surface area (Å²) >= 11 is 0. The molecule has 0 spiro atoms. The fourth-order valence-corrected chi connectivity index (χ4v) is 1.66. The SMILES string of the molecule is COC(N=Nc1ccccc1)(O[C]=O)c1ccccc1. The smallest absolute Gasteiger partial charge is 0.398 e. The van der Waals surface area contributed by atoms with Gasteiger partial charge in [-0.3, -0.25) is 0 Å². The van der Waals surface area contributed by atoms with E-state index in [0.29, 0.717) is 11.3 Å². The lowest BCUT2D eigenvalue weighted by Crippen LogP contribution is -2.29. The Hall–Kier alpha value is -2.53. The number of ether oxygens (including phenoxy) is 2. The van der Waals surface area contributed by atoms with Crippen molar-refractivity contribution in [3.63, 3.8) is 0 Å². The topological polar surface area (TPSA) is 60.3 Å². The van der Waals surface area contributed by atoms with Crippen molar-refractivity contribution in [2.24, 2.45) is 10.2 Å². The van der Waals surface area contributed by atoms with Gasteiger partial charge >= 0.3 is 12.4 Å². The molecule has 20 heavy (non-hydrogen) atoms. The standard InChI is InChI=1S/C15H13N2O3/c1-19-15(20-12-18,13-8-4-2-5-9-13)17-16-14-10-6-3-7-11-14/h2-11H,1H3. The number of hydrogen-bond acceptors (Lipinski definition) is 5. The molecule has 2 aromatic rings. The molecule has 0 saturated carbocycles. The van der Waals surface area contributed by atoms with Crippen LogP contribution in [0.2, 0.25) is 0 Å². The molecule has 0 heterocycles. The molecular weight excluding hydrogens is 256 g/mol. The van der Waals surface area contributed by atoms with Gasteiger partial charge in [0, 0.05) is 7.11 Å². The van der Waals surface area contributed by atoms with Crippen LogP contribution in [-0.4, -0.2) is 13.6 Å². The van der Waals surface area contributed by atoms with Crippen molar-refractivity contribution < 1.29 is 14.3 Å². The molecule has 0 aliphatic rings. The van der Waals surface area contributed by atoms with Crippen molar-refractivity contribution in [1.82, 2.24) is 0 Å². The third kappa shape index (κ3) is 3.07. The van der Waals surface area contributed by atoms with Gasteiger partial charge in [0.05, 0.1) is 11.3 Å². The van der Waals surface area contributed by atoms with Crippen molar-refractivity contribution in [3.8, 4) is 0 Å². The summed E-state index contributed by atoms with van der Waals surface area (Å²) < 4.78 is 10.1. The quantitative estimate of drug-likeness (QED) is 0.597. The number of nitrogens with zero attached hydrogens (tertiary/aromatic N) is 2. The van der Waals surface area contributed by atoms with Crippen LogP contribution in [0.3, 0.4) is 0 Å². The van der Waals surface area contributed by atoms with Gasteiger partial charge in [-0.2, -0.15) is 0 Å². The van der Waals surface area contributed by atoms with Crippen molar-refractivity contribution in [2.45, 2.75) is 5.91 Å². The largest absolute Gasteiger partial charge is 0.421 e. The second kappa shape index (κ2) is 6.58. The van der Waals surface area contributed by atoms with Gasteiger partial charge in [0.15, 0.2) is 0 Å². The highest BCUT2D eigenvalue weighted by Gasteiger charge is 2.35. The zero-order valence-corrected chi connectivity index (χ0v) is 10.9. The van der Waals surface area contributed by atoms with E-state index in [2.05, 4.69) is 10.2 Å². The van der Waals surface area contributed by atoms with Crippen LogP contribution in [0.1, 0.15) is 5.56 Å². The summed E-state index contributed by atoms with van der Waals surface area (Å²) in [6.07, 6.45) is 0. The molecule has 2 rings (SSSR count). The second-order valence-electron chi connectivity index (χ2n) is 3.87. The Morgan fingerprint density at radius 2 is 1.60 bits per heavy atom. The number of hydrogen-bond donors (Lipinski definition) is 0. The van der Waals surface area contributed by atoms with Gasteiger partial charge in [-0.25, -0.2) is 4.79 Å². The van der Waals surface area contributed by atoms with Gasteiger partial charge in [-0.05, 0) is 12.1 Å². The molecule has 0 bridgehead atoms. The molecule has 1 unspecified atom stereocenters. The number of azo groups is 1. The molecule has 0 aliphatic heterocycles. The van der Waals surface area contributed by atoms with Crippen molar-refractivity contribution in [3.05, 3.63) is 66.2 Å². The molecule has 0 N–H and O–H groups in total. The van der Waals surface area contributed by atoms with Crippen LogP contribution in [0.15, 0.2) is 70.9 Å². The van der Waals surface area contributed by atoms with Gasteiger partial charge in [0.2, 0.25) is 0 Å². The predicted molar refractivity (Wildman–Crippen MR) is 72.9 cm³/mol. The van der Waals surface area contributed by atoms with E-state index in [1.54, 1.807) is 36.4 Å². The lowest BCUT2D eigenvalue weighted by atomic mass is 10.1. The van der Waals surface area contributed by atoms with Crippen molar-refractivity contribution in [1.29, 1.82) is 0 Å². The lowest BCUT2D eigenvalue weighted by molar-refractivity contribution is -0.179. The number of carbonyl (C=O) groups excluding carboxylic acids is 1. The first-order valence-electron chi connectivity index (χ1n) is 5.94. The van der Waals surface area contributed by atoms with Crippen LogP contribution < -0.4 is 0 Å². The molecule has 101 valence electrons. The van der Waals surface area contributed by atoms with Crippen LogP contribution >= 0.6 is 0 Å². The van der Waals surface area contributed by atoms with E-state index < -0.39 is 5.91 Å². The monoisotopic (exact) mass is 269 g/mol. The predicted octanol–water partition coefficient (Wildman–Crippen LogP) is 3.31. The number of rotatable bonds is 6. The fourth-order valence-electron chi connectivity index (χ4n) is 1.66. The summed E-state index contributed by atoms with van der Waals surface area (Å²) in [6, 6.07) is 18.0. The van der Waals surface area contributed by atoms with Gasteiger partial charge in [0.1, 0.15) is 0 Å². The average molecular weight is 269 g/mol. The summed E-state index contributed by atoms with van der Waals surface area (Å²) in [4.78, 5) is 10.6. The van der Waals surface area contributed by atoms with Gasteiger partial charge in [-0.15, -0.1) is 10.2 Å². The fraction of sp³-hybridized carbons (Fsp3) is 0.133. The van der Waals surface area contributed by atoms with Crippen molar-refractivity contribution >= 4 is 12.2 Å². The van der Waals surface area contributed by atoms with Crippen LogP contribution in [0, 0.1) is 0 Å². The van der Waals surface area contributed by atoms with E-state index in [1.165, 1.54) is 13.6 Å². The van der Waals surface area contributed by atoms with Crippen LogP contribution in [0.25, 0.3) is 0 Å². The Balaban J connectivity index is 2.37. The summed E-state index contributed by atoms with van der Waals surface area (Å²) in [6.45, 7) is 1.37. The van der Waals surface area contributed by atoms with E-state index >= 15 is 0 Å². The van der Waals surface area contributed by atoms with E-state index in [1.807, 2.05) is 24.3 Å². The zero-order valence-electron chi connectivity index (χ0n) is 10.9. The zero-order chi connectivity index (χ0) is 14.3. The minimum atomic E-state index is -1.63. The number of methoxy groups -OCH3 is 1. The van der Waals surface area contributed by atoms with Crippen LogP contribution in [-0.2, 0) is 20.2 Å². The van der Waals surface area contributed by atoms with E-state index in [-0.39, 0.29) is 0 Å². The van der Waals surface area contributed by atoms with Crippen LogP contribution in [0.4, 0.5) is 5.69 Å². The van der Waals surface area contributed by atoms with Gasteiger partial charge in [-0.1, -0.05) is 48.5 Å². The average Bonchev–Trinajstić information content (AvgIpc) is 2.53. The first-order valence-corrected chi connectivity index (χ1v) is 5.94. The van der Waals surface area contributed by atoms with E-state index in [9.17, 15) is 4.79 Å². The van der Waals surface area contributed by atoms with Crippen LogP contribution in [0.5, 0.6) is 0 Å². The first-order chi connectivity index (χ1) is 9.80. The Morgan fingerprint density at radius 3 is 2.15 bits per heavy atom. The molecule has 0 aromatic heterocycles. The van der Waals surface area contributed by atoms with Gasteiger partial charge in [0.25, 0.3) is 0 Å². The Bertz CT molecular complexity index is 572. The summed E-state index contributed by atoms with van der Waals surface area (Å²) in [5, 5.41) is 8.06. The molecule has 0 aliphatic carbocycles. The third-order valence-electron chi connectivity index (χ3n) is 2.65. The highest BCUT2D eigenvalue weighted by atomic mass is 16.7. The normalized spacial score (nSPS) is 13.8. The molecule has 1 radical (unpaired) electrons. The molecule has 0 saturated heterocycles. The first kappa shape index (κ1) is 13.9. The maximum Gasteiger partial charge on any atom is 0.421 e. The summed E-state index contributed by atoms with van der Waals surface area (Å²) in [5.41, 5.74) is 1.17. The second-order valence-corrected chi connectivity index (χ2v) is 3.87. The molecule has 0 fully saturated rings. The third-order valence-corrected chi connectivity index (χ3v) is 2.65. The molecule has 1 atom stereocenters. The highest BCUT2D eigenvalue weighted by molar-refractivity contribution is 5.41. The molecular formula is C15H13N2O3. The molecule has 2 aromatic carbocycles. The maximum absolute atomic E-state index is 10.6. The number of benzene rings is 2. The molecule has 5 nitrogen and oxygen atoms in total. The van der Waals surface area contributed by atoms with Crippen molar-refractivity contribution in [2.75, 3.05) is 7.11 Å². The maximum atomic E-state index is 10.6. The van der Waals surface area contributed by atoms with E-state index in [0.717, 1.165) is 0 Å². The minimum absolute atomic E-state index is 0.547. The molecule has 5 heteroatoms. The highest BCUT2D eigenvalue weighted by Crippen LogP contribution is 2.29. The Kier molecular flexibility index (Phi) is 4.57.